The molecule has 11 heteroatoms. The van der Waals surface area contributed by atoms with Crippen molar-refractivity contribution in [1.29, 1.82) is 0 Å². The van der Waals surface area contributed by atoms with E-state index in [4.69, 9.17) is 90.0 Å². The van der Waals surface area contributed by atoms with E-state index in [1.165, 1.54) is 176 Å². The molecule has 4 atom stereocenters. The smallest absolute Gasteiger partial charge is 0.184 e. The van der Waals surface area contributed by atoms with Gasteiger partial charge in [-0.3, -0.25) is 0 Å². The quantitative estimate of drug-likeness (QED) is 0.0177. The van der Waals surface area contributed by atoms with Crippen molar-refractivity contribution < 1.29 is 24.4 Å². The molecule has 4 unspecified atom stereocenters. The Morgan fingerprint density at radius 1 is 0.405 bits per heavy atom. The van der Waals surface area contributed by atoms with Crippen LogP contribution < -0.4 is 0 Å². The summed E-state index contributed by atoms with van der Waals surface area (Å²) in [6, 6.07) is 0. The van der Waals surface area contributed by atoms with E-state index >= 15 is 0 Å². The highest BCUT2D eigenvalue weighted by Gasteiger charge is 2.74. The van der Waals surface area contributed by atoms with Crippen LogP contribution in [-0.4, -0.2) is 77.7 Å². The van der Waals surface area contributed by atoms with E-state index in [0.29, 0.717) is 25.7 Å². The summed E-state index contributed by atoms with van der Waals surface area (Å²) in [5.74, 6) is 0. The molecular formula is C68H114O5S6. The molecule has 0 radical (unpaired) electrons. The molecule has 4 aliphatic rings. The van der Waals surface area contributed by atoms with Crippen molar-refractivity contribution in [2.24, 2.45) is 0 Å². The normalized spacial score (nSPS) is 24.8. The maximum absolute atomic E-state index is 13.4. The van der Waals surface area contributed by atoms with Gasteiger partial charge in [0.2, 0.25) is 0 Å². The minimum Gasteiger partial charge on any atom is -0.394 e. The van der Waals surface area contributed by atoms with Crippen LogP contribution in [0.15, 0.2) is 95.2 Å². The number of rotatable bonds is 46. The molecule has 0 heterocycles. The average Bonchev–Trinajstić information content (AvgIpc) is 2.54. The van der Waals surface area contributed by atoms with Gasteiger partial charge in [0.25, 0.3) is 0 Å². The van der Waals surface area contributed by atoms with Crippen molar-refractivity contribution in [3.63, 3.8) is 0 Å². The molecule has 0 bridgehead atoms. The molecule has 0 aliphatic heterocycles. The van der Waals surface area contributed by atoms with E-state index in [0.717, 1.165) is 51.4 Å². The summed E-state index contributed by atoms with van der Waals surface area (Å²) < 4.78 is 14.5. The van der Waals surface area contributed by atoms with Crippen molar-refractivity contribution in [3.05, 3.63) is 95.2 Å². The second-order valence-corrected chi connectivity index (χ2v) is 28.9. The Balaban J connectivity index is 1.88. The summed E-state index contributed by atoms with van der Waals surface area (Å²) in [6.45, 7) is 9.76. The number of hydrogen-bond acceptors (Lipinski definition) is 11. The number of unbranched alkanes of at least 4 members (excludes halogenated alkanes) is 24. The van der Waals surface area contributed by atoms with Crippen LogP contribution in [0.4, 0.5) is 0 Å². The fraction of sp³-hybridized carbons (Fsp3) is 0.765. The van der Waals surface area contributed by atoms with Gasteiger partial charge in [0.05, 0.1) is 52.0 Å². The van der Waals surface area contributed by atoms with Gasteiger partial charge in [-0.1, -0.05) is 277 Å². The molecule has 79 heavy (non-hydrogen) atoms. The predicted octanol–water partition coefficient (Wildman–Crippen LogP) is 19.8. The van der Waals surface area contributed by atoms with Gasteiger partial charge in [0, 0.05) is 0 Å². The van der Waals surface area contributed by atoms with Crippen molar-refractivity contribution >= 4 is 75.8 Å². The summed E-state index contributed by atoms with van der Waals surface area (Å²) in [6.07, 6.45) is 67.8. The standard InChI is InChI=1S/C68H114O5S6/c1-5-9-13-17-21-25-29-33-58-37-45-62(74,46-38-58)66(57-72-56-55-71-54-53-69,63(75)47-39-59(40-48-63)34-30-26-22-18-14-10-6-2)73-67(68(70,78)79,64(76)49-41-60(42-50-64)35-31-27-23-19-15-11-7-3)65(77)51-43-61(44-52-65)36-32-28-24-20-16-12-8-4/h37-45,47,49,51,69-70,74-79H,5-36,46,48,50,52-57H2,1-4H3. The van der Waals surface area contributed by atoms with E-state index in [2.05, 4.69) is 101 Å². The lowest BCUT2D eigenvalue weighted by molar-refractivity contribution is -0.242. The number of thiol groups is 6. The topological polar surface area (TPSA) is 68.2 Å². The Morgan fingerprint density at radius 3 is 0.949 bits per heavy atom. The van der Waals surface area contributed by atoms with E-state index in [1.54, 1.807) is 0 Å². The van der Waals surface area contributed by atoms with E-state index in [-0.39, 0.29) is 33.0 Å². The number of aliphatic hydroxyl groups is 2. The third-order valence-electron chi connectivity index (χ3n) is 17.6. The Hall–Kier alpha value is -0.180. The van der Waals surface area contributed by atoms with Gasteiger partial charge in [-0.15, -0.1) is 25.3 Å². The molecule has 0 saturated heterocycles. The monoisotopic (exact) mass is 1200 g/mol. The van der Waals surface area contributed by atoms with Crippen LogP contribution in [0.5, 0.6) is 0 Å². The highest BCUT2D eigenvalue weighted by molar-refractivity contribution is 8.00. The maximum atomic E-state index is 13.4. The van der Waals surface area contributed by atoms with Crippen LogP contribution >= 0.6 is 75.8 Å². The van der Waals surface area contributed by atoms with Crippen LogP contribution in [-0.2, 0) is 14.2 Å². The molecule has 452 valence electrons. The molecule has 2 N–H and O–H groups in total. The van der Waals surface area contributed by atoms with E-state index in [1.807, 2.05) is 0 Å². The molecule has 0 aromatic heterocycles. The first-order chi connectivity index (χ1) is 38.1. The van der Waals surface area contributed by atoms with Crippen LogP contribution in [0.3, 0.4) is 0 Å². The first-order valence-corrected chi connectivity index (χ1v) is 34.8. The Morgan fingerprint density at radius 2 is 0.684 bits per heavy atom. The molecule has 4 aliphatic carbocycles. The van der Waals surface area contributed by atoms with Gasteiger partial charge in [-0.2, -0.15) is 50.5 Å². The lowest BCUT2D eigenvalue weighted by Gasteiger charge is -2.66. The first kappa shape index (κ1) is 71.3. The minimum atomic E-state index is -2.16. The molecule has 0 aromatic rings. The van der Waals surface area contributed by atoms with Crippen LogP contribution in [0, 0.1) is 0 Å². The van der Waals surface area contributed by atoms with Crippen molar-refractivity contribution in [1.82, 2.24) is 0 Å². The van der Waals surface area contributed by atoms with Crippen molar-refractivity contribution in [3.8, 4) is 0 Å². The number of ether oxygens (including phenoxy) is 3. The third-order valence-corrected chi connectivity index (χ3v) is 20.9. The van der Waals surface area contributed by atoms with Crippen molar-refractivity contribution in [2.45, 2.75) is 293 Å². The summed E-state index contributed by atoms with van der Waals surface area (Å²) in [7, 11) is 0. The third kappa shape index (κ3) is 21.6. The number of aliphatic hydroxyl groups excluding tert-OH is 1. The Kier molecular flexibility index (Phi) is 34.4. The van der Waals surface area contributed by atoms with Gasteiger partial charge in [-0.25, -0.2) is 0 Å². The number of hydrogen-bond donors (Lipinski definition) is 8. The molecule has 5 nitrogen and oxygen atoms in total. The average molecular weight is 1200 g/mol. The summed E-state index contributed by atoms with van der Waals surface area (Å²) in [5.41, 5.74) is 1.85. The van der Waals surface area contributed by atoms with E-state index < -0.39 is 34.5 Å². The Labute approximate surface area is 518 Å². The van der Waals surface area contributed by atoms with Crippen LogP contribution in [0.2, 0.25) is 0 Å². The lowest BCUT2D eigenvalue weighted by atomic mass is 9.65. The molecule has 0 amide bonds. The zero-order valence-electron chi connectivity index (χ0n) is 50.2. The zero-order valence-corrected chi connectivity index (χ0v) is 55.6. The minimum absolute atomic E-state index is 0.0260. The van der Waals surface area contributed by atoms with Crippen LogP contribution in [0.1, 0.15) is 259 Å². The molecule has 4 rings (SSSR count). The second-order valence-electron chi connectivity index (χ2n) is 24.1. The van der Waals surface area contributed by atoms with E-state index in [9.17, 15) is 10.2 Å². The maximum Gasteiger partial charge on any atom is 0.184 e. The summed E-state index contributed by atoms with van der Waals surface area (Å²) in [5, 5.41) is 23.0. The van der Waals surface area contributed by atoms with Gasteiger partial charge in [0.1, 0.15) is 5.60 Å². The molecular weight excluding hydrogens is 1090 g/mol. The number of allylic oxidation sites excluding steroid dienone is 12. The Bertz CT molecular complexity index is 1850. The SMILES string of the molecule is CCCCCCCCCC1=CCC(S)(C(COCCOCCO)(OC(C(O)(S)S)(C2(S)C=CC(CCCCCCCCC)=CC2)C2(S)C=CC(CCCCCCCCC)=CC2)C2(S)C=CC(CCCCCCCCC)=CC2)C=C1. The van der Waals surface area contributed by atoms with Gasteiger partial charge < -0.3 is 24.4 Å². The highest BCUT2D eigenvalue weighted by Crippen LogP contribution is 2.64. The fourth-order valence-electron chi connectivity index (χ4n) is 12.5. The molecule has 0 fully saturated rings. The molecule has 0 aromatic carbocycles. The highest BCUT2D eigenvalue weighted by atomic mass is 32.2. The molecule has 0 spiro atoms. The first-order valence-electron chi connectivity index (χ1n) is 32.1. The van der Waals surface area contributed by atoms with Gasteiger partial charge in [-0.05, 0) is 77.0 Å². The van der Waals surface area contributed by atoms with Crippen LogP contribution in [0.25, 0.3) is 0 Å². The summed E-state index contributed by atoms with van der Waals surface area (Å²) >= 11 is 33.9. The predicted molar refractivity (Wildman–Crippen MR) is 363 cm³/mol. The lowest BCUT2D eigenvalue weighted by Crippen LogP contribution is -2.79. The fourth-order valence-corrected chi connectivity index (χ4v) is 16.0. The largest absolute Gasteiger partial charge is 0.394 e. The second kappa shape index (κ2) is 38.1. The van der Waals surface area contributed by atoms with Gasteiger partial charge >= 0.3 is 0 Å². The van der Waals surface area contributed by atoms with Gasteiger partial charge in [0.15, 0.2) is 9.87 Å². The molecule has 0 saturated carbocycles. The van der Waals surface area contributed by atoms with Crippen molar-refractivity contribution in [2.75, 3.05) is 33.0 Å². The zero-order chi connectivity index (χ0) is 57.4. The summed E-state index contributed by atoms with van der Waals surface area (Å²) in [4.78, 5) is 0.